The van der Waals surface area contributed by atoms with Gasteiger partial charge in [0.1, 0.15) is 11.9 Å². The number of halogens is 1. The van der Waals surface area contributed by atoms with Crippen LogP contribution in [0.3, 0.4) is 0 Å². The smallest absolute Gasteiger partial charge is 0.252 e. The average Bonchev–Trinajstić information content (AvgIpc) is 2.97. The van der Waals surface area contributed by atoms with Crippen LogP contribution < -0.4 is 10.2 Å². The zero-order valence-electron chi connectivity index (χ0n) is 13.9. The van der Waals surface area contributed by atoms with Gasteiger partial charge in [-0.1, -0.05) is 30.3 Å². The predicted molar refractivity (Wildman–Crippen MR) is 91.8 cm³/mol. The van der Waals surface area contributed by atoms with E-state index in [2.05, 4.69) is 5.32 Å². The summed E-state index contributed by atoms with van der Waals surface area (Å²) in [6.07, 6.45) is 0.436. The predicted octanol–water partition coefficient (Wildman–Crippen LogP) is 2.51. The lowest BCUT2D eigenvalue weighted by molar-refractivity contribution is -0.118. The molecule has 1 aliphatic rings. The van der Waals surface area contributed by atoms with E-state index in [9.17, 15) is 14.0 Å². The number of methoxy groups -OCH3 is 1. The molecule has 130 valence electrons. The SMILES string of the molecule is COCc1ccccc1C(=O)N[C@H]1CCN(c2ccccc2F)C1=O. The lowest BCUT2D eigenvalue weighted by atomic mass is 10.1. The van der Waals surface area contributed by atoms with E-state index >= 15 is 0 Å². The fourth-order valence-electron chi connectivity index (χ4n) is 2.98. The maximum atomic E-state index is 13.9. The molecule has 2 aromatic carbocycles. The number of hydrogen-bond acceptors (Lipinski definition) is 3. The largest absolute Gasteiger partial charge is 0.380 e. The number of carbonyl (C=O) groups excluding carboxylic acids is 2. The zero-order chi connectivity index (χ0) is 17.8. The van der Waals surface area contributed by atoms with Gasteiger partial charge in [-0.15, -0.1) is 0 Å². The van der Waals surface area contributed by atoms with Crippen LogP contribution in [-0.4, -0.2) is 31.5 Å². The second kappa shape index (κ2) is 7.44. The second-order valence-corrected chi connectivity index (χ2v) is 5.85. The molecule has 1 heterocycles. The van der Waals surface area contributed by atoms with Crippen LogP contribution in [0.15, 0.2) is 48.5 Å². The number of nitrogens with one attached hydrogen (secondary N) is 1. The van der Waals surface area contributed by atoms with Crippen LogP contribution in [-0.2, 0) is 16.1 Å². The highest BCUT2D eigenvalue weighted by atomic mass is 19.1. The van der Waals surface area contributed by atoms with E-state index in [0.717, 1.165) is 5.56 Å². The molecular formula is C19H19FN2O3. The Balaban J connectivity index is 1.73. The van der Waals surface area contributed by atoms with Gasteiger partial charge in [0.15, 0.2) is 0 Å². The van der Waals surface area contributed by atoms with Crippen LogP contribution >= 0.6 is 0 Å². The minimum Gasteiger partial charge on any atom is -0.380 e. The van der Waals surface area contributed by atoms with Crippen molar-refractivity contribution in [2.24, 2.45) is 0 Å². The zero-order valence-corrected chi connectivity index (χ0v) is 13.9. The van der Waals surface area contributed by atoms with E-state index in [1.54, 1.807) is 43.5 Å². The van der Waals surface area contributed by atoms with Gasteiger partial charge in [-0.05, 0) is 30.2 Å². The molecule has 0 unspecified atom stereocenters. The first-order valence-corrected chi connectivity index (χ1v) is 8.05. The summed E-state index contributed by atoms with van der Waals surface area (Å²) in [5.41, 5.74) is 1.46. The van der Waals surface area contributed by atoms with Gasteiger partial charge in [-0.3, -0.25) is 9.59 Å². The van der Waals surface area contributed by atoms with Crippen LogP contribution in [0.2, 0.25) is 0 Å². The van der Waals surface area contributed by atoms with Gasteiger partial charge in [0, 0.05) is 19.2 Å². The normalized spacial score (nSPS) is 17.0. The summed E-state index contributed by atoms with van der Waals surface area (Å²) in [5.74, 6) is -1.09. The van der Waals surface area contributed by atoms with E-state index in [0.29, 0.717) is 25.1 Å². The fourth-order valence-corrected chi connectivity index (χ4v) is 2.98. The summed E-state index contributed by atoms with van der Waals surface area (Å²) >= 11 is 0. The van der Waals surface area contributed by atoms with Crippen molar-refractivity contribution in [2.45, 2.75) is 19.1 Å². The van der Waals surface area contributed by atoms with E-state index in [4.69, 9.17) is 4.74 Å². The summed E-state index contributed by atoms with van der Waals surface area (Å²) in [4.78, 5) is 26.5. The van der Waals surface area contributed by atoms with Gasteiger partial charge >= 0.3 is 0 Å². The number of amides is 2. The molecule has 1 atom stereocenters. The molecule has 0 aliphatic carbocycles. The first kappa shape index (κ1) is 17.1. The van der Waals surface area contributed by atoms with Crippen molar-refractivity contribution in [1.29, 1.82) is 0 Å². The third-order valence-corrected chi connectivity index (χ3v) is 4.22. The number of para-hydroxylation sites is 1. The molecule has 0 bridgehead atoms. The van der Waals surface area contributed by atoms with Crippen molar-refractivity contribution in [3.8, 4) is 0 Å². The van der Waals surface area contributed by atoms with Crippen molar-refractivity contribution in [3.05, 3.63) is 65.5 Å². The molecule has 2 amide bonds. The van der Waals surface area contributed by atoms with Gasteiger partial charge in [0.05, 0.1) is 12.3 Å². The van der Waals surface area contributed by atoms with Crippen LogP contribution in [0.5, 0.6) is 0 Å². The number of hydrogen-bond donors (Lipinski definition) is 1. The number of rotatable bonds is 5. The Morgan fingerprint density at radius 2 is 1.96 bits per heavy atom. The van der Waals surface area contributed by atoms with Crippen molar-refractivity contribution < 1.29 is 18.7 Å². The van der Waals surface area contributed by atoms with Crippen molar-refractivity contribution >= 4 is 17.5 Å². The first-order chi connectivity index (χ1) is 12.1. The molecular weight excluding hydrogens is 323 g/mol. The van der Waals surface area contributed by atoms with E-state index < -0.39 is 11.9 Å². The number of ether oxygens (including phenoxy) is 1. The standard InChI is InChI=1S/C19H19FN2O3/c1-25-12-13-6-2-3-7-14(13)18(23)21-16-10-11-22(19(16)24)17-9-5-4-8-15(17)20/h2-9,16H,10-12H2,1H3,(H,21,23)/t16-/m0/s1. The molecule has 25 heavy (non-hydrogen) atoms. The van der Waals surface area contributed by atoms with Crippen LogP contribution in [0.4, 0.5) is 10.1 Å². The Kier molecular flexibility index (Phi) is 5.09. The maximum Gasteiger partial charge on any atom is 0.252 e. The maximum absolute atomic E-state index is 13.9. The molecule has 1 aliphatic heterocycles. The third kappa shape index (κ3) is 3.53. The van der Waals surface area contributed by atoms with Crippen LogP contribution in [0, 0.1) is 5.82 Å². The average molecular weight is 342 g/mol. The molecule has 0 spiro atoms. The Morgan fingerprint density at radius 3 is 2.72 bits per heavy atom. The van der Waals surface area contributed by atoms with Gasteiger partial charge in [-0.25, -0.2) is 4.39 Å². The number of carbonyl (C=O) groups is 2. The minimum atomic E-state index is -0.664. The molecule has 2 aromatic rings. The Hall–Kier alpha value is -2.73. The highest BCUT2D eigenvalue weighted by Crippen LogP contribution is 2.24. The Labute approximate surface area is 145 Å². The van der Waals surface area contributed by atoms with Crippen LogP contribution in [0.1, 0.15) is 22.3 Å². The highest BCUT2D eigenvalue weighted by molar-refractivity contribution is 6.04. The lowest BCUT2D eigenvalue weighted by Gasteiger charge is -2.18. The number of nitrogens with zero attached hydrogens (tertiary/aromatic N) is 1. The quantitative estimate of drug-likeness (QED) is 0.908. The van der Waals surface area contributed by atoms with Gasteiger partial charge in [0.2, 0.25) is 5.91 Å². The molecule has 0 aromatic heterocycles. The highest BCUT2D eigenvalue weighted by Gasteiger charge is 2.35. The summed E-state index contributed by atoms with van der Waals surface area (Å²) in [5, 5.41) is 2.75. The lowest BCUT2D eigenvalue weighted by Crippen LogP contribution is -2.42. The molecule has 1 saturated heterocycles. The number of benzene rings is 2. The fraction of sp³-hybridized carbons (Fsp3) is 0.263. The van der Waals surface area contributed by atoms with Crippen molar-refractivity contribution in [2.75, 3.05) is 18.6 Å². The molecule has 0 saturated carbocycles. The third-order valence-electron chi connectivity index (χ3n) is 4.22. The van der Waals surface area contributed by atoms with E-state index in [1.165, 1.54) is 11.0 Å². The van der Waals surface area contributed by atoms with E-state index in [-0.39, 0.29) is 17.5 Å². The molecule has 1 N–H and O–H groups in total. The van der Waals surface area contributed by atoms with Crippen LogP contribution in [0.25, 0.3) is 0 Å². The molecule has 3 rings (SSSR count). The van der Waals surface area contributed by atoms with Crippen molar-refractivity contribution in [1.82, 2.24) is 5.32 Å². The molecule has 1 fully saturated rings. The summed E-state index contributed by atoms with van der Waals surface area (Å²) < 4.78 is 19.0. The topological polar surface area (TPSA) is 58.6 Å². The Bertz CT molecular complexity index is 794. The summed E-state index contributed by atoms with van der Waals surface area (Å²) in [6.45, 7) is 0.675. The molecule has 0 radical (unpaired) electrons. The second-order valence-electron chi connectivity index (χ2n) is 5.85. The summed E-state index contributed by atoms with van der Waals surface area (Å²) in [7, 11) is 1.56. The minimum absolute atomic E-state index is 0.240. The molecule has 6 heteroatoms. The van der Waals surface area contributed by atoms with Crippen molar-refractivity contribution in [3.63, 3.8) is 0 Å². The summed E-state index contributed by atoms with van der Waals surface area (Å²) in [6, 6.07) is 12.5. The van der Waals surface area contributed by atoms with Gasteiger partial charge < -0.3 is 15.0 Å². The number of anilines is 1. The Morgan fingerprint density at radius 1 is 1.24 bits per heavy atom. The van der Waals surface area contributed by atoms with E-state index in [1.807, 2.05) is 6.07 Å². The monoisotopic (exact) mass is 342 g/mol. The first-order valence-electron chi connectivity index (χ1n) is 8.05. The molecule has 5 nitrogen and oxygen atoms in total. The van der Waals surface area contributed by atoms with Gasteiger partial charge in [0.25, 0.3) is 5.91 Å². The van der Waals surface area contributed by atoms with Gasteiger partial charge in [-0.2, -0.15) is 0 Å².